The third-order valence-corrected chi connectivity index (χ3v) is 5.96. The normalized spacial score (nSPS) is 28.5. The maximum absolute atomic E-state index is 13.6. The lowest BCUT2D eigenvalue weighted by molar-refractivity contribution is -0.142. The Hall–Kier alpha value is -2.58. The van der Waals surface area contributed by atoms with Gasteiger partial charge in [-0.15, -0.1) is 6.58 Å². The number of nitrogens with one attached hydrogen (secondary N) is 2. The number of nitrogens with zero attached hydrogens (tertiary/aromatic N) is 1. The van der Waals surface area contributed by atoms with E-state index >= 15 is 0 Å². The molecular weight excluding hydrogens is 412 g/mol. The van der Waals surface area contributed by atoms with E-state index in [1.165, 1.54) is 4.90 Å². The molecule has 0 aromatic heterocycles. The van der Waals surface area contributed by atoms with Crippen molar-refractivity contribution in [2.75, 3.05) is 6.54 Å². The summed E-state index contributed by atoms with van der Waals surface area (Å²) in [4.78, 5) is 52.6. The molecule has 1 saturated carbocycles. The number of ether oxygens (including phenoxy) is 1. The second-order valence-corrected chi connectivity index (χ2v) is 11.2. The second-order valence-electron chi connectivity index (χ2n) is 11.2. The number of likely N-dealkylation sites (tertiary alicyclic amines) is 1. The van der Waals surface area contributed by atoms with Gasteiger partial charge in [-0.05, 0) is 44.9 Å². The van der Waals surface area contributed by atoms with Gasteiger partial charge in [0.2, 0.25) is 17.7 Å². The Labute approximate surface area is 190 Å². The van der Waals surface area contributed by atoms with Gasteiger partial charge in [0.15, 0.2) is 0 Å². The van der Waals surface area contributed by atoms with Crippen molar-refractivity contribution in [2.24, 2.45) is 23.0 Å². The van der Waals surface area contributed by atoms with Crippen LogP contribution in [0.25, 0.3) is 0 Å². The number of carbonyl (C=O) groups is 4. The molecule has 4 amide bonds. The van der Waals surface area contributed by atoms with Crippen LogP contribution in [-0.2, 0) is 19.1 Å². The van der Waals surface area contributed by atoms with Gasteiger partial charge in [0.05, 0.1) is 0 Å². The zero-order chi connectivity index (χ0) is 24.6. The largest absolute Gasteiger partial charge is 0.444 e. The minimum absolute atomic E-state index is 0.0794. The molecule has 4 N–H and O–H groups in total. The smallest absolute Gasteiger partial charge is 0.408 e. The number of alkyl carbamates (subject to hydrolysis) is 1. The lowest BCUT2D eigenvalue weighted by Crippen LogP contribution is -2.59. The minimum atomic E-state index is -1.14. The van der Waals surface area contributed by atoms with Gasteiger partial charge < -0.3 is 26.0 Å². The van der Waals surface area contributed by atoms with E-state index in [1.807, 2.05) is 27.7 Å². The third-order valence-electron chi connectivity index (χ3n) is 5.96. The Morgan fingerprint density at radius 3 is 2.22 bits per heavy atom. The molecule has 0 bridgehead atoms. The van der Waals surface area contributed by atoms with Gasteiger partial charge in [0.25, 0.3) is 0 Å². The van der Waals surface area contributed by atoms with E-state index in [0.29, 0.717) is 19.4 Å². The number of nitrogens with two attached hydrogens (primary N) is 1. The summed E-state index contributed by atoms with van der Waals surface area (Å²) >= 11 is 0. The van der Waals surface area contributed by atoms with Crippen molar-refractivity contribution in [3.05, 3.63) is 12.7 Å². The van der Waals surface area contributed by atoms with E-state index in [2.05, 4.69) is 17.2 Å². The fourth-order valence-electron chi connectivity index (χ4n) is 4.14. The van der Waals surface area contributed by atoms with E-state index in [4.69, 9.17) is 10.5 Å². The molecule has 0 aromatic rings. The maximum Gasteiger partial charge on any atom is 0.408 e. The number of hydrogen-bond donors (Lipinski definition) is 3. The Balaban J connectivity index is 2.22. The highest BCUT2D eigenvalue weighted by Crippen LogP contribution is 2.44. The van der Waals surface area contributed by atoms with Crippen LogP contribution in [0, 0.1) is 17.3 Å². The zero-order valence-corrected chi connectivity index (χ0v) is 20.3. The molecule has 1 heterocycles. The molecule has 0 unspecified atom stereocenters. The third kappa shape index (κ3) is 5.61. The van der Waals surface area contributed by atoms with Gasteiger partial charge >= 0.3 is 6.09 Å². The van der Waals surface area contributed by atoms with Gasteiger partial charge in [0.1, 0.15) is 23.2 Å². The molecule has 5 atom stereocenters. The standard InChI is InChI=1S/C23H38N4O5/c1-9-14-11-23(14,19(24)30)26-17(28)15-10-13(2)12-27(15)18(29)16(21(3,4)5)25-20(31)32-22(6,7)8/h9,13-16H,1,10-12H2,2-8H3,(H2,24,30)(H,25,31)(H,26,28)/t13-,14-,15+,16-,23-/m1/s1. The highest BCUT2D eigenvalue weighted by Gasteiger charge is 2.59. The average molecular weight is 451 g/mol. The van der Waals surface area contributed by atoms with Gasteiger partial charge in [-0.2, -0.15) is 0 Å². The molecule has 2 rings (SSSR count). The monoisotopic (exact) mass is 450 g/mol. The van der Waals surface area contributed by atoms with E-state index in [-0.39, 0.29) is 17.7 Å². The summed E-state index contributed by atoms with van der Waals surface area (Å²) in [5, 5.41) is 5.46. The SMILES string of the molecule is C=C[C@@H]1C[C@]1(NC(=O)[C@@H]1C[C@@H](C)CN1C(=O)[C@@H](NC(=O)OC(C)(C)C)C(C)(C)C)C(N)=O. The Kier molecular flexibility index (Phi) is 7.02. The summed E-state index contributed by atoms with van der Waals surface area (Å²) in [5.41, 5.74) is 3.05. The second kappa shape index (κ2) is 8.75. The van der Waals surface area contributed by atoms with Crippen molar-refractivity contribution >= 4 is 23.8 Å². The molecule has 0 spiro atoms. The van der Waals surface area contributed by atoms with Gasteiger partial charge in [-0.3, -0.25) is 14.4 Å². The predicted molar refractivity (Wildman–Crippen MR) is 120 cm³/mol. The summed E-state index contributed by atoms with van der Waals surface area (Å²) in [6.45, 7) is 16.7. The first kappa shape index (κ1) is 25.7. The molecule has 0 radical (unpaired) electrons. The van der Waals surface area contributed by atoms with Crippen molar-refractivity contribution < 1.29 is 23.9 Å². The molecule has 9 nitrogen and oxygen atoms in total. The molecule has 0 aromatic carbocycles. The lowest BCUT2D eigenvalue weighted by Gasteiger charge is -2.36. The Morgan fingerprint density at radius 2 is 1.78 bits per heavy atom. The van der Waals surface area contributed by atoms with E-state index in [0.717, 1.165) is 0 Å². The van der Waals surface area contributed by atoms with Crippen LogP contribution in [0.4, 0.5) is 4.79 Å². The van der Waals surface area contributed by atoms with Gasteiger partial charge in [-0.1, -0.05) is 33.8 Å². The first-order valence-electron chi connectivity index (χ1n) is 11.1. The zero-order valence-electron chi connectivity index (χ0n) is 20.3. The Bertz CT molecular complexity index is 797. The summed E-state index contributed by atoms with van der Waals surface area (Å²) in [5.74, 6) is -1.54. The first-order valence-corrected chi connectivity index (χ1v) is 11.1. The fourth-order valence-corrected chi connectivity index (χ4v) is 4.14. The topological polar surface area (TPSA) is 131 Å². The number of carbonyl (C=O) groups excluding carboxylic acids is 4. The van der Waals surface area contributed by atoms with Crippen LogP contribution in [0.1, 0.15) is 61.3 Å². The quantitative estimate of drug-likeness (QED) is 0.530. The average Bonchev–Trinajstić information content (AvgIpc) is 3.20. The summed E-state index contributed by atoms with van der Waals surface area (Å²) in [6.07, 6.45) is 1.76. The predicted octanol–water partition coefficient (Wildman–Crippen LogP) is 1.71. The minimum Gasteiger partial charge on any atom is -0.444 e. The number of rotatable bonds is 6. The molecule has 9 heteroatoms. The summed E-state index contributed by atoms with van der Waals surface area (Å²) in [6, 6.07) is -1.66. The van der Waals surface area contributed by atoms with Gasteiger partial charge in [-0.25, -0.2) is 4.79 Å². The molecule has 180 valence electrons. The van der Waals surface area contributed by atoms with Crippen LogP contribution in [0.2, 0.25) is 0 Å². The molecule has 1 aliphatic heterocycles. The van der Waals surface area contributed by atoms with E-state index in [9.17, 15) is 19.2 Å². The summed E-state index contributed by atoms with van der Waals surface area (Å²) < 4.78 is 5.34. The lowest BCUT2D eigenvalue weighted by atomic mass is 9.85. The van der Waals surface area contributed by atoms with Crippen LogP contribution < -0.4 is 16.4 Å². The number of primary amides is 1. The molecule has 2 aliphatic rings. The van der Waals surface area contributed by atoms with Crippen molar-refractivity contribution in [1.29, 1.82) is 0 Å². The molecule has 1 saturated heterocycles. The maximum atomic E-state index is 13.6. The van der Waals surface area contributed by atoms with Crippen LogP contribution in [-0.4, -0.2) is 58.5 Å². The van der Waals surface area contributed by atoms with E-state index < -0.39 is 46.5 Å². The number of amides is 4. The van der Waals surface area contributed by atoms with Crippen molar-refractivity contribution in [1.82, 2.24) is 15.5 Å². The van der Waals surface area contributed by atoms with Crippen molar-refractivity contribution in [3.8, 4) is 0 Å². The highest BCUT2D eigenvalue weighted by atomic mass is 16.6. The van der Waals surface area contributed by atoms with Crippen LogP contribution in [0.3, 0.4) is 0 Å². The Morgan fingerprint density at radius 1 is 1.19 bits per heavy atom. The van der Waals surface area contributed by atoms with Crippen molar-refractivity contribution in [3.63, 3.8) is 0 Å². The van der Waals surface area contributed by atoms with Crippen LogP contribution in [0.5, 0.6) is 0 Å². The van der Waals surface area contributed by atoms with Crippen molar-refractivity contribution in [2.45, 2.75) is 84.5 Å². The molecule has 1 aliphatic carbocycles. The molecular formula is C23H38N4O5. The molecule has 32 heavy (non-hydrogen) atoms. The van der Waals surface area contributed by atoms with Crippen LogP contribution >= 0.6 is 0 Å². The molecule has 2 fully saturated rings. The summed E-state index contributed by atoms with van der Waals surface area (Å²) in [7, 11) is 0. The van der Waals surface area contributed by atoms with E-state index in [1.54, 1.807) is 26.8 Å². The van der Waals surface area contributed by atoms with Crippen LogP contribution in [0.15, 0.2) is 12.7 Å². The van der Waals surface area contributed by atoms with Gasteiger partial charge in [0, 0.05) is 12.5 Å². The number of hydrogen-bond acceptors (Lipinski definition) is 5. The fraction of sp³-hybridized carbons (Fsp3) is 0.739. The highest BCUT2D eigenvalue weighted by molar-refractivity contribution is 5.97. The first-order chi connectivity index (χ1) is 14.5.